The molecule has 21 heavy (non-hydrogen) atoms. The van der Waals surface area contributed by atoms with Crippen LogP contribution in [0.15, 0.2) is 18.2 Å². The maximum atomic E-state index is 5.96. The van der Waals surface area contributed by atoms with Gasteiger partial charge in [-0.3, -0.25) is 0 Å². The lowest BCUT2D eigenvalue weighted by Gasteiger charge is -2.17. The molecule has 0 radical (unpaired) electrons. The average Bonchev–Trinajstić information content (AvgIpc) is 2.51. The van der Waals surface area contributed by atoms with Crippen molar-refractivity contribution >= 4 is 23.4 Å². The fraction of sp³-hybridized carbons (Fsp3) is 0.667. The van der Waals surface area contributed by atoms with Gasteiger partial charge in [-0.15, -0.1) is 11.8 Å². The number of halogens is 1. The zero-order chi connectivity index (χ0) is 16.7. The van der Waals surface area contributed by atoms with Gasteiger partial charge in [0.1, 0.15) is 0 Å². The van der Waals surface area contributed by atoms with E-state index in [1.165, 1.54) is 17.5 Å². The van der Waals surface area contributed by atoms with E-state index in [0.29, 0.717) is 5.37 Å². The fourth-order valence-electron chi connectivity index (χ4n) is 1.90. The maximum absolute atomic E-state index is 5.96. The predicted octanol–water partition coefficient (Wildman–Crippen LogP) is 6.32. The molecule has 0 bridgehead atoms. The highest BCUT2D eigenvalue weighted by Gasteiger charge is 2.08. The Morgan fingerprint density at radius 1 is 1.14 bits per heavy atom. The molecule has 0 aromatic heterocycles. The molecule has 1 rings (SSSR count). The maximum Gasteiger partial charge on any atom is 0.0535 e. The van der Waals surface area contributed by atoms with Gasteiger partial charge in [-0.2, -0.15) is 0 Å². The second kappa shape index (κ2) is 16.2. The van der Waals surface area contributed by atoms with E-state index in [0.717, 1.165) is 23.7 Å². The number of rotatable bonds is 7. The van der Waals surface area contributed by atoms with Crippen molar-refractivity contribution in [3.8, 4) is 0 Å². The van der Waals surface area contributed by atoms with Gasteiger partial charge in [-0.25, -0.2) is 0 Å². The molecule has 0 saturated heterocycles. The molecule has 0 spiro atoms. The molecule has 0 amide bonds. The third-order valence-electron chi connectivity index (χ3n) is 2.78. The molecular formula is C18H34ClNS. The van der Waals surface area contributed by atoms with Crippen LogP contribution in [-0.2, 0) is 6.42 Å². The minimum atomic E-state index is 0.570. The zero-order valence-corrected chi connectivity index (χ0v) is 16.5. The molecule has 0 saturated carbocycles. The van der Waals surface area contributed by atoms with Crippen LogP contribution in [0.2, 0.25) is 5.02 Å². The number of hydrogen-bond acceptors (Lipinski definition) is 2. The fourth-order valence-corrected chi connectivity index (χ4v) is 3.10. The van der Waals surface area contributed by atoms with Crippen molar-refractivity contribution in [1.82, 2.24) is 5.32 Å². The molecule has 1 N–H and O–H groups in total. The van der Waals surface area contributed by atoms with Gasteiger partial charge in [0.05, 0.1) is 5.37 Å². The number of aryl methyl sites for hydroxylation is 2. The number of benzene rings is 1. The molecule has 1 unspecified atom stereocenters. The second-order valence-electron chi connectivity index (χ2n) is 4.11. The van der Waals surface area contributed by atoms with Crippen molar-refractivity contribution in [3.63, 3.8) is 0 Å². The summed E-state index contributed by atoms with van der Waals surface area (Å²) in [5, 5.41) is 4.92. The first-order valence-electron chi connectivity index (χ1n) is 8.27. The van der Waals surface area contributed by atoms with Crippen LogP contribution in [0.5, 0.6) is 0 Å². The van der Waals surface area contributed by atoms with Crippen molar-refractivity contribution in [2.24, 2.45) is 0 Å². The van der Waals surface area contributed by atoms with Crippen LogP contribution in [0.25, 0.3) is 0 Å². The largest absolute Gasteiger partial charge is 0.306 e. The van der Waals surface area contributed by atoms with Gasteiger partial charge in [0.15, 0.2) is 0 Å². The average molecular weight is 332 g/mol. The van der Waals surface area contributed by atoms with E-state index in [1.807, 2.05) is 51.6 Å². The van der Waals surface area contributed by atoms with Crippen molar-refractivity contribution in [3.05, 3.63) is 34.3 Å². The number of nitrogens with one attached hydrogen (secondary N) is 1. The summed E-state index contributed by atoms with van der Waals surface area (Å²) < 4.78 is 0. The summed E-state index contributed by atoms with van der Waals surface area (Å²) in [6.07, 6.45) is 2.29. The standard InChI is InChI=1S/C14H22ClNS.2C2H6/c1-4-16-14(17-5-2)9-7-12-6-8-13(15)10-11(12)3;2*1-2/h6,8,10,14,16H,4-5,7,9H2,1-3H3;2*1-2H3. The van der Waals surface area contributed by atoms with Crippen molar-refractivity contribution in [2.75, 3.05) is 12.3 Å². The smallest absolute Gasteiger partial charge is 0.0535 e. The normalized spacial score (nSPS) is 10.9. The Hall–Kier alpha value is -0.180. The molecule has 1 aromatic carbocycles. The quantitative estimate of drug-likeness (QED) is 0.586. The summed E-state index contributed by atoms with van der Waals surface area (Å²) in [6, 6.07) is 6.18. The molecule has 0 aliphatic rings. The topological polar surface area (TPSA) is 12.0 Å². The lowest BCUT2D eigenvalue weighted by Crippen LogP contribution is -2.26. The van der Waals surface area contributed by atoms with Crippen LogP contribution in [-0.4, -0.2) is 17.7 Å². The molecule has 0 aliphatic heterocycles. The van der Waals surface area contributed by atoms with Gasteiger partial charge in [-0.1, -0.05) is 59.2 Å². The lowest BCUT2D eigenvalue weighted by molar-refractivity contribution is 0.629. The SMILES string of the molecule is CC.CC.CCNC(CCc1ccc(Cl)cc1C)SCC. The molecule has 1 aromatic rings. The van der Waals surface area contributed by atoms with Gasteiger partial charge in [0, 0.05) is 5.02 Å². The van der Waals surface area contributed by atoms with Gasteiger partial charge in [0.2, 0.25) is 0 Å². The third kappa shape index (κ3) is 11.1. The van der Waals surface area contributed by atoms with E-state index in [4.69, 9.17) is 11.6 Å². The Labute approximate surface area is 142 Å². The summed E-state index contributed by atoms with van der Waals surface area (Å²) in [4.78, 5) is 0. The van der Waals surface area contributed by atoms with E-state index in [-0.39, 0.29) is 0 Å². The summed E-state index contributed by atoms with van der Waals surface area (Å²) >= 11 is 7.95. The van der Waals surface area contributed by atoms with Crippen molar-refractivity contribution in [2.45, 2.75) is 66.7 Å². The Kier molecular flexibility index (Phi) is 17.8. The second-order valence-corrected chi connectivity index (χ2v) is 6.03. The van der Waals surface area contributed by atoms with Crippen LogP contribution in [0.3, 0.4) is 0 Å². The Bertz CT molecular complexity index is 336. The van der Waals surface area contributed by atoms with E-state index in [1.54, 1.807) is 0 Å². The summed E-state index contributed by atoms with van der Waals surface area (Å²) in [5.74, 6) is 1.16. The highest BCUT2D eigenvalue weighted by Crippen LogP contribution is 2.19. The molecule has 0 fully saturated rings. The number of hydrogen-bond donors (Lipinski definition) is 1. The van der Waals surface area contributed by atoms with Crippen molar-refractivity contribution in [1.29, 1.82) is 0 Å². The van der Waals surface area contributed by atoms with Gasteiger partial charge >= 0.3 is 0 Å². The summed E-state index contributed by atoms with van der Waals surface area (Å²) in [5.41, 5.74) is 2.71. The predicted molar refractivity (Wildman–Crippen MR) is 103 cm³/mol. The van der Waals surface area contributed by atoms with Crippen LogP contribution in [0, 0.1) is 6.92 Å². The number of thioether (sulfide) groups is 1. The van der Waals surface area contributed by atoms with E-state index < -0.39 is 0 Å². The molecule has 3 heteroatoms. The monoisotopic (exact) mass is 331 g/mol. The van der Waals surface area contributed by atoms with Crippen molar-refractivity contribution < 1.29 is 0 Å². The molecular weight excluding hydrogens is 298 g/mol. The molecule has 1 atom stereocenters. The first kappa shape index (κ1) is 23.1. The van der Waals surface area contributed by atoms with Crippen LogP contribution < -0.4 is 5.32 Å². The van der Waals surface area contributed by atoms with E-state index >= 15 is 0 Å². The van der Waals surface area contributed by atoms with Crippen LogP contribution >= 0.6 is 23.4 Å². The first-order valence-corrected chi connectivity index (χ1v) is 9.70. The Balaban J connectivity index is 0. The first-order chi connectivity index (χ1) is 10.2. The lowest BCUT2D eigenvalue weighted by atomic mass is 10.0. The van der Waals surface area contributed by atoms with Gasteiger partial charge in [0.25, 0.3) is 0 Å². The summed E-state index contributed by atoms with van der Waals surface area (Å²) in [7, 11) is 0. The summed E-state index contributed by atoms with van der Waals surface area (Å²) in [6.45, 7) is 15.5. The zero-order valence-electron chi connectivity index (χ0n) is 14.9. The minimum absolute atomic E-state index is 0.570. The third-order valence-corrected chi connectivity index (χ3v) is 4.15. The van der Waals surface area contributed by atoms with Crippen LogP contribution in [0.4, 0.5) is 0 Å². The van der Waals surface area contributed by atoms with Crippen LogP contribution in [0.1, 0.15) is 59.1 Å². The molecule has 1 nitrogen and oxygen atoms in total. The Morgan fingerprint density at radius 3 is 2.24 bits per heavy atom. The van der Waals surface area contributed by atoms with Gasteiger partial charge in [-0.05, 0) is 55.3 Å². The molecule has 0 aliphatic carbocycles. The molecule has 124 valence electrons. The highest BCUT2D eigenvalue weighted by molar-refractivity contribution is 7.99. The highest BCUT2D eigenvalue weighted by atomic mass is 35.5. The van der Waals surface area contributed by atoms with E-state index in [9.17, 15) is 0 Å². The Morgan fingerprint density at radius 2 is 1.76 bits per heavy atom. The van der Waals surface area contributed by atoms with E-state index in [2.05, 4.69) is 32.2 Å². The van der Waals surface area contributed by atoms with Gasteiger partial charge < -0.3 is 5.32 Å². The minimum Gasteiger partial charge on any atom is -0.306 e. The molecule has 0 heterocycles.